The van der Waals surface area contributed by atoms with Gasteiger partial charge in [-0.1, -0.05) is 34.5 Å². The molecule has 3 aromatic carbocycles. The molecular formula is C22H16Cl2FN5OS. The molecule has 162 valence electrons. The number of rotatable bonds is 6. The average Bonchev–Trinajstić information content (AvgIpc) is 3.36. The van der Waals surface area contributed by atoms with Crippen molar-refractivity contribution in [3.8, 4) is 5.75 Å². The van der Waals surface area contributed by atoms with Crippen molar-refractivity contribution in [1.29, 1.82) is 0 Å². The van der Waals surface area contributed by atoms with Crippen molar-refractivity contribution in [2.45, 2.75) is 11.5 Å². The lowest BCUT2D eigenvalue weighted by Gasteiger charge is -2.10. The van der Waals surface area contributed by atoms with Crippen molar-refractivity contribution in [1.82, 2.24) is 20.0 Å². The van der Waals surface area contributed by atoms with Crippen LogP contribution in [0.3, 0.4) is 0 Å². The van der Waals surface area contributed by atoms with E-state index in [0.29, 0.717) is 27.3 Å². The van der Waals surface area contributed by atoms with Gasteiger partial charge in [-0.05, 0) is 53.9 Å². The number of halogens is 3. The standard InChI is InChI=1S/C22H16Cl2FN5OS/c1-30-19-6-2-12(8-18(19)27-29-30)11-31-13-3-7-20(16(25)9-13)32-28-17-5-4-14(23)21-15(24)10-26-22(17)21/h2-10,26,28H,11H2,1H3. The Labute approximate surface area is 196 Å². The van der Waals surface area contributed by atoms with E-state index in [1.807, 2.05) is 31.3 Å². The Bertz CT molecular complexity index is 1450. The Balaban J connectivity index is 1.26. The van der Waals surface area contributed by atoms with E-state index >= 15 is 0 Å². The number of hydrogen-bond acceptors (Lipinski definition) is 5. The van der Waals surface area contributed by atoms with Crippen LogP contribution in [0.25, 0.3) is 21.9 Å². The highest BCUT2D eigenvalue weighted by Gasteiger charge is 2.12. The molecule has 2 N–H and O–H groups in total. The molecule has 0 aliphatic heterocycles. The first-order valence-electron chi connectivity index (χ1n) is 9.58. The maximum atomic E-state index is 14.7. The highest BCUT2D eigenvalue weighted by molar-refractivity contribution is 8.00. The molecule has 5 rings (SSSR count). The first-order valence-corrected chi connectivity index (χ1v) is 11.2. The number of anilines is 1. The van der Waals surface area contributed by atoms with Gasteiger partial charge in [0.1, 0.15) is 23.7 Å². The van der Waals surface area contributed by atoms with E-state index in [4.69, 9.17) is 27.9 Å². The van der Waals surface area contributed by atoms with Crippen molar-refractivity contribution < 1.29 is 9.13 Å². The van der Waals surface area contributed by atoms with Crippen LogP contribution in [0, 0.1) is 5.82 Å². The molecule has 0 atom stereocenters. The third-order valence-corrected chi connectivity index (χ3v) is 6.48. The summed E-state index contributed by atoms with van der Waals surface area (Å²) in [6.45, 7) is 0.299. The molecule has 5 aromatic rings. The molecule has 0 saturated heterocycles. The number of benzene rings is 3. The number of aromatic nitrogens is 4. The molecular weight excluding hydrogens is 472 g/mol. The number of H-pyrrole nitrogens is 1. The average molecular weight is 488 g/mol. The molecule has 0 aliphatic rings. The zero-order chi connectivity index (χ0) is 22.2. The first-order chi connectivity index (χ1) is 15.5. The van der Waals surface area contributed by atoms with Crippen LogP contribution in [-0.2, 0) is 13.7 Å². The molecule has 0 radical (unpaired) electrons. The summed E-state index contributed by atoms with van der Waals surface area (Å²) in [7, 11) is 1.84. The second-order valence-corrected chi connectivity index (χ2v) is 8.77. The lowest BCUT2D eigenvalue weighted by molar-refractivity contribution is 0.304. The molecule has 0 bridgehead atoms. The van der Waals surface area contributed by atoms with Gasteiger partial charge < -0.3 is 14.4 Å². The van der Waals surface area contributed by atoms with Crippen LogP contribution < -0.4 is 9.46 Å². The summed E-state index contributed by atoms with van der Waals surface area (Å²) in [5, 5.41) is 9.90. The first kappa shape index (κ1) is 20.9. The van der Waals surface area contributed by atoms with Crippen molar-refractivity contribution >= 4 is 62.8 Å². The van der Waals surface area contributed by atoms with Crippen molar-refractivity contribution in [3.63, 3.8) is 0 Å². The summed E-state index contributed by atoms with van der Waals surface area (Å²) in [5.41, 5.74) is 4.16. The van der Waals surface area contributed by atoms with E-state index in [1.165, 1.54) is 6.07 Å². The molecule has 2 aromatic heterocycles. The van der Waals surface area contributed by atoms with Gasteiger partial charge in [0.25, 0.3) is 0 Å². The Kier molecular flexibility index (Phi) is 5.58. The van der Waals surface area contributed by atoms with Crippen LogP contribution in [0.1, 0.15) is 5.56 Å². The third kappa shape index (κ3) is 3.97. The quantitative estimate of drug-likeness (QED) is 0.264. The zero-order valence-electron chi connectivity index (χ0n) is 16.7. The zero-order valence-corrected chi connectivity index (χ0v) is 19.0. The highest BCUT2D eigenvalue weighted by Crippen LogP contribution is 2.36. The number of nitrogens with one attached hydrogen (secondary N) is 2. The maximum absolute atomic E-state index is 14.7. The van der Waals surface area contributed by atoms with Crippen molar-refractivity contribution in [3.05, 3.63) is 76.2 Å². The van der Waals surface area contributed by atoms with Crippen molar-refractivity contribution in [2.75, 3.05) is 4.72 Å². The molecule has 0 fully saturated rings. The monoisotopic (exact) mass is 487 g/mol. The SMILES string of the molecule is Cn1nnc2cc(COc3ccc(SNc4ccc(Cl)c5c(Cl)c[nH]c45)c(F)c3)ccc21. The number of aryl methyl sites for hydroxylation is 1. The van der Waals surface area contributed by atoms with Crippen LogP contribution in [0.2, 0.25) is 10.0 Å². The van der Waals surface area contributed by atoms with Gasteiger partial charge in [-0.3, -0.25) is 0 Å². The van der Waals surface area contributed by atoms with Gasteiger partial charge in [0.2, 0.25) is 0 Å². The minimum Gasteiger partial charge on any atom is -0.489 e. The lowest BCUT2D eigenvalue weighted by Crippen LogP contribution is -1.97. The van der Waals surface area contributed by atoms with E-state index in [9.17, 15) is 4.39 Å². The predicted octanol–water partition coefficient (Wildman–Crippen LogP) is 6.59. The van der Waals surface area contributed by atoms with Crippen molar-refractivity contribution in [2.24, 2.45) is 7.05 Å². The number of fused-ring (bicyclic) bond motifs is 2. The summed E-state index contributed by atoms with van der Waals surface area (Å²) in [6.07, 6.45) is 1.67. The van der Waals surface area contributed by atoms with Gasteiger partial charge in [-0.2, -0.15) is 0 Å². The highest BCUT2D eigenvalue weighted by atomic mass is 35.5. The Morgan fingerprint density at radius 1 is 1.12 bits per heavy atom. The lowest BCUT2D eigenvalue weighted by atomic mass is 10.2. The van der Waals surface area contributed by atoms with Gasteiger partial charge in [-0.25, -0.2) is 9.07 Å². The van der Waals surface area contributed by atoms with E-state index in [1.54, 1.807) is 29.1 Å². The van der Waals surface area contributed by atoms with Gasteiger partial charge in [0.15, 0.2) is 0 Å². The summed E-state index contributed by atoms with van der Waals surface area (Å²) in [5.74, 6) is 0.0511. The largest absolute Gasteiger partial charge is 0.489 e. The minimum atomic E-state index is -0.390. The van der Waals surface area contributed by atoms with Gasteiger partial charge in [-0.15, -0.1) is 5.10 Å². The van der Waals surface area contributed by atoms with E-state index in [0.717, 1.165) is 45.1 Å². The number of nitrogens with zero attached hydrogens (tertiary/aromatic N) is 3. The number of ether oxygens (including phenoxy) is 1. The van der Waals surface area contributed by atoms with Crippen LogP contribution >= 0.6 is 35.1 Å². The number of aromatic amines is 1. The Morgan fingerprint density at radius 2 is 2.00 bits per heavy atom. The third-order valence-electron chi connectivity index (χ3n) is 4.99. The van der Waals surface area contributed by atoms with Gasteiger partial charge >= 0.3 is 0 Å². The minimum absolute atomic E-state index is 0.299. The second-order valence-electron chi connectivity index (χ2n) is 7.10. The van der Waals surface area contributed by atoms with Crippen LogP contribution in [0.5, 0.6) is 5.75 Å². The molecule has 0 saturated carbocycles. The normalized spacial score (nSPS) is 11.4. The molecule has 2 heterocycles. The van der Waals surface area contributed by atoms with E-state index in [-0.39, 0.29) is 5.82 Å². The fourth-order valence-electron chi connectivity index (χ4n) is 3.36. The Hall–Kier alpha value is -2.94. The summed E-state index contributed by atoms with van der Waals surface area (Å²) in [6, 6.07) is 14.1. The molecule has 32 heavy (non-hydrogen) atoms. The molecule has 6 nitrogen and oxygen atoms in total. The molecule has 10 heteroatoms. The van der Waals surface area contributed by atoms with Crippen LogP contribution in [0.4, 0.5) is 10.1 Å². The molecule has 0 spiro atoms. The van der Waals surface area contributed by atoms with Gasteiger partial charge in [0.05, 0.1) is 31.7 Å². The summed E-state index contributed by atoms with van der Waals surface area (Å²) < 4.78 is 25.3. The molecule has 0 amide bonds. The fraction of sp³-hybridized carbons (Fsp3) is 0.0909. The maximum Gasteiger partial charge on any atom is 0.142 e. The van der Waals surface area contributed by atoms with Crippen LogP contribution in [0.15, 0.2) is 59.6 Å². The topological polar surface area (TPSA) is 67.8 Å². The summed E-state index contributed by atoms with van der Waals surface area (Å²) in [4.78, 5) is 3.52. The predicted molar refractivity (Wildman–Crippen MR) is 127 cm³/mol. The number of hydrogen-bond donors (Lipinski definition) is 2. The summed E-state index contributed by atoms with van der Waals surface area (Å²) >= 11 is 13.6. The second kappa shape index (κ2) is 8.54. The Morgan fingerprint density at radius 3 is 2.84 bits per heavy atom. The van der Waals surface area contributed by atoms with E-state index < -0.39 is 0 Å². The van der Waals surface area contributed by atoms with Gasteiger partial charge in [0, 0.05) is 24.7 Å². The van der Waals surface area contributed by atoms with Crippen LogP contribution in [-0.4, -0.2) is 20.0 Å². The molecule has 0 unspecified atom stereocenters. The fourth-order valence-corrected chi connectivity index (χ4v) is 4.60. The molecule has 0 aliphatic carbocycles. The van der Waals surface area contributed by atoms with E-state index in [2.05, 4.69) is 20.0 Å². The smallest absolute Gasteiger partial charge is 0.142 e.